The van der Waals surface area contributed by atoms with E-state index >= 15 is 0 Å². The predicted octanol–water partition coefficient (Wildman–Crippen LogP) is 6.11. The summed E-state index contributed by atoms with van der Waals surface area (Å²) in [7, 11) is 0. The molecule has 1 saturated heterocycles. The minimum atomic E-state index is 0.221. The SMILES string of the molecule is c1ccc(C2=C(CN3CCCCC3)C(c3ccccc3)c3ccccc3O2)cc1. The van der Waals surface area contributed by atoms with Gasteiger partial charge < -0.3 is 4.74 Å². The first-order chi connectivity index (χ1) is 14.4. The Morgan fingerprint density at radius 2 is 1.38 bits per heavy atom. The molecule has 0 aliphatic carbocycles. The molecule has 29 heavy (non-hydrogen) atoms. The van der Waals surface area contributed by atoms with Crippen LogP contribution in [-0.4, -0.2) is 24.5 Å². The van der Waals surface area contributed by atoms with E-state index in [9.17, 15) is 0 Å². The smallest absolute Gasteiger partial charge is 0.136 e. The Morgan fingerprint density at radius 1 is 0.724 bits per heavy atom. The summed E-state index contributed by atoms with van der Waals surface area (Å²) < 4.78 is 6.58. The molecular formula is C27H27NO. The summed E-state index contributed by atoms with van der Waals surface area (Å²) in [5.74, 6) is 2.23. The van der Waals surface area contributed by atoms with E-state index in [4.69, 9.17) is 4.74 Å². The van der Waals surface area contributed by atoms with Gasteiger partial charge in [0.15, 0.2) is 0 Å². The Kier molecular flexibility index (Phi) is 5.19. The molecule has 0 aromatic heterocycles. The highest BCUT2D eigenvalue weighted by molar-refractivity contribution is 5.72. The molecule has 1 atom stereocenters. The van der Waals surface area contributed by atoms with Crippen LogP contribution in [0, 0.1) is 0 Å². The molecule has 5 rings (SSSR count). The van der Waals surface area contributed by atoms with Crippen LogP contribution >= 0.6 is 0 Å². The largest absolute Gasteiger partial charge is 0.456 e. The van der Waals surface area contributed by atoms with Crippen LogP contribution in [0.5, 0.6) is 5.75 Å². The van der Waals surface area contributed by atoms with Gasteiger partial charge in [-0.25, -0.2) is 0 Å². The van der Waals surface area contributed by atoms with Crippen LogP contribution in [0.25, 0.3) is 5.76 Å². The summed E-state index contributed by atoms with van der Waals surface area (Å²) in [4.78, 5) is 2.61. The average Bonchev–Trinajstić information content (AvgIpc) is 2.80. The number of rotatable bonds is 4. The number of hydrogen-bond acceptors (Lipinski definition) is 2. The van der Waals surface area contributed by atoms with Crippen molar-refractivity contribution in [2.45, 2.75) is 25.2 Å². The van der Waals surface area contributed by atoms with Gasteiger partial charge >= 0.3 is 0 Å². The highest BCUT2D eigenvalue weighted by Gasteiger charge is 2.32. The van der Waals surface area contributed by atoms with Gasteiger partial charge in [-0.15, -0.1) is 0 Å². The number of para-hydroxylation sites is 1. The normalized spacial score (nSPS) is 19.5. The van der Waals surface area contributed by atoms with Crippen LogP contribution < -0.4 is 4.74 Å². The fraction of sp³-hybridized carbons (Fsp3) is 0.259. The summed E-state index contributed by atoms with van der Waals surface area (Å²) in [6.07, 6.45) is 3.94. The van der Waals surface area contributed by atoms with Crippen LogP contribution in [0.2, 0.25) is 0 Å². The molecule has 0 amide bonds. The third-order valence-corrected chi connectivity index (χ3v) is 6.09. The van der Waals surface area contributed by atoms with Crippen molar-refractivity contribution in [1.82, 2.24) is 4.90 Å². The summed E-state index contributed by atoms with van der Waals surface area (Å²) in [5, 5.41) is 0. The standard InChI is InChI=1S/C27H27NO/c1-4-12-21(13-5-1)26-23-16-8-9-17-25(23)29-27(22-14-6-2-7-15-22)24(26)20-28-18-10-3-11-19-28/h1-2,4-9,12-17,26H,3,10-11,18-20H2. The van der Waals surface area contributed by atoms with E-state index < -0.39 is 0 Å². The van der Waals surface area contributed by atoms with E-state index in [-0.39, 0.29) is 5.92 Å². The molecule has 3 aromatic carbocycles. The Morgan fingerprint density at radius 3 is 2.14 bits per heavy atom. The Balaban J connectivity index is 1.67. The Bertz CT molecular complexity index is 987. The van der Waals surface area contributed by atoms with Gasteiger partial charge in [0.1, 0.15) is 11.5 Å². The molecule has 0 N–H and O–H groups in total. The predicted molar refractivity (Wildman–Crippen MR) is 119 cm³/mol. The van der Waals surface area contributed by atoms with Crippen molar-refractivity contribution >= 4 is 5.76 Å². The number of benzene rings is 3. The second kappa shape index (κ2) is 8.26. The van der Waals surface area contributed by atoms with Crippen molar-refractivity contribution in [3.05, 3.63) is 107 Å². The minimum absolute atomic E-state index is 0.221. The summed E-state index contributed by atoms with van der Waals surface area (Å²) in [5.41, 5.74) is 5.15. The molecule has 0 spiro atoms. The van der Waals surface area contributed by atoms with Gasteiger partial charge in [0, 0.05) is 23.6 Å². The third-order valence-electron chi connectivity index (χ3n) is 6.09. The number of likely N-dealkylation sites (tertiary alicyclic amines) is 1. The molecule has 2 aliphatic heterocycles. The molecule has 3 aromatic rings. The van der Waals surface area contributed by atoms with Crippen molar-refractivity contribution < 1.29 is 4.74 Å². The molecule has 0 bridgehead atoms. The van der Waals surface area contributed by atoms with Crippen LogP contribution in [-0.2, 0) is 0 Å². The summed E-state index contributed by atoms with van der Waals surface area (Å²) >= 11 is 0. The van der Waals surface area contributed by atoms with Crippen molar-refractivity contribution in [3.8, 4) is 5.75 Å². The second-order valence-electron chi connectivity index (χ2n) is 8.04. The lowest BCUT2D eigenvalue weighted by molar-refractivity contribution is 0.242. The Labute approximate surface area is 173 Å². The molecule has 2 aliphatic rings. The zero-order chi connectivity index (χ0) is 19.5. The van der Waals surface area contributed by atoms with Gasteiger partial charge in [0.2, 0.25) is 0 Å². The van der Waals surface area contributed by atoms with Crippen molar-refractivity contribution in [2.24, 2.45) is 0 Å². The molecule has 2 heteroatoms. The van der Waals surface area contributed by atoms with Gasteiger partial charge in [-0.2, -0.15) is 0 Å². The lowest BCUT2D eigenvalue weighted by Gasteiger charge is -2.35. The third kappa shape index (κ3) is 3.73. The van der Waals surface area contributed by atoms with Crippen LogP contribution in [0.15, 0.2) is 90.5 Å². The number of fused-ring (bicyclic) bond motifs is 1. The molecule has 0 saturated carbocycles. The van der Waals surface area contributed by atoms with Crippen molar-refractivity contribution in [1.29, 1.82) is 0 Å². The highest BCUT2D eigenvalue weighted by atomic mass is 16.5. The van der Waals surface area contributed by atoms with Gasteiger partial charge in [0.05, 0.1) is 0 Å². The molecule has 0 radical (unpaired) electrons. The van der Waals surface area contributed by atoms with Crippen molar-refractivity contribution in [3.63, 3.8) is 0 Å². The zero-order valence-electron chi connectivity index (χ0n) is 16.8. The van der Waals surface area contributed by atoms with E-state index in [0.29, 0.717) is 0 Å². The monoisotopic (exact) mass is 381 g/mol. The maximum atomic E-state index is 6.58. The van der Waals surface area contributed by atoms with Gasteiger partial charge in [-0.05, 0) is 43.1 Å². The van der Waals surface area contributed by atoms with Crippen LogP contribution in [0.1, 0.15) is 41.9 Å². The lowest BCUT2D eigenvalue weighted by Crippen LogP contribution is -2.34. The van der Waals surface area contributed by atoms with E-state index in [2.05, 4.69) is 89.8 Å². The zero-order valence-corrected chi connectivity index (χ0v) is 16.8. The highest BCUT2D eigenvalue weighted by Crippen LogP contribution is 2.45. The quantitative estimate of drug-likeness (QED) is 0.541. The van der Waals surface area contributed by atoms with E-state index in [1.807, 2.05) is 0 Å². The van der Waals surface area contributed by atoms with E-state index in [1.54, 1.807) is 0 Å². The molecule has 2 heterocycles. The minimum Gasteiger partial charge on any atom is -0.456 e. The van der Waals surface area contributed by atoms with Crippen LogP contribution in [0.4, 0.5) is 0 Å². The van der Waals surface area contributed by atoms with Gasteiger partial charge in [0.25, 0.3) is 0 Å². The number of piperidine rings is 1. The number of nitrogens with zero attached hydrogens (tertiary/aromatic N) is 1. The topological polar surface area (TPSA) is 12.5 Å². The summed E-state index contributed by atoms with van der Waals surface area (Å²) in [6.45, 7) is 3.31. The first-order valence-electron chi connectivity index (χ1n) is 10.7. The average molecular weight is 382 g/mol. The molecular weight excluding hydrogens is 354 g/mol. The molecule has 1 unspecified atom stereocenters. The first-order valence-corrected chi connectivity index (χ1v) is 10.7. The van der Waals surface area contributed by atoms with Crippen LogP contribution in [0.3, 0.4) is 0 Å². The van der Waals surface area contributed by atoms with E-state index in [0.717, 1.165) is 23.6 Å². The molecule has 146 valence electrons. The molecule has 2 nitrogen and oxygen atoms in total. The lowest BCUT2D eigenvalue weighted by atomic mass is 9.81. The number of ether oxygens (including phenoxy) is 1. The fourth-order valence-electron chi connectivity index (χ4n) is 4.69. The second-order valence-corrected chi connectivity index (χ2v) is 8.04. The van der Waals surface area contributed by atoms with Crippen molar-refractivity contribution in [2.75, 3.05) is 19.6 Å². The van der Waals surface area contributed by atoms with Gasteiger partial charge in [-0.1, -0.05) is 85.3 Å². The van der Waals surface area contributed by atoms with Gasteiger partial charge in [-0.3, -0.25) is 4.90 Å². The fourth-order valence-corrected chi connectivity index (χ4v) is 4.69. The van der Waals surface area contributed by atoms with E-state index in [1.165, 1.54) is 49.1 Å². The maximum absolute atomic E-state index is 6.58. The maximum Gasteiger partial charge on any atom is 0.136 e. The number of hydrogen-bond donors (Lipinski definition) is 0. The first kappa shape index (κ1) is 18.2. The Hall–Kier alpha value is -2.84. The molecule has 1 fully saturated rings. The summed E-state index contributed by atoms with van der Waals surface area (Å²) in [6, 6.07) is 30.0.